The van der Waals surface area contributed by atoms with Crippen LogP contribution in [0.15, 0.2) is 12.1 Å². The second-order valence-corrected chi connectivity index (χ2v) is 3.43. The number of hydrogen-bond donors (Lipinski definition) is 2. The number of carbonyl (C=O) groups excluding carboxylic acids is 1. The largest absolute Gasteiger partial charge is 0.494 e. The Morgan fingerprint density at radius 1 is 1.53 bits per heavy atom. The van der Waals surface area contributed by atoms with Crippen molar-refractivity contribution in [1.82, 2.24) is 9.97 Å². The van der Waals surface area contributed by atoms with E-state index in [1.807, 2.05) is 0 Å². The number of ether oxygens (including phenoxy) is 2. The molecule has 0 saturated carbocycles. The zero-order valence-corrected chi connectivity index (χ0v) is 9.61. The number of H-pyrrole nitrogens is 1. The maximum Gasteiger partial charge on any atom is 0.374 e. The summed E-state index contributed by atoms with van der Waals surface area (Å²) in [6, 6.07) is 3.34. The number of methoxy groups -OCH3 is 1. The summed E-state index contributed by atoms with van der Waals surface area (Å²) in [5.74, 6) is 0.168. The van der Waals surface area contributed by atoms with Gasteiger partial charge < -0.3 is 20.2 Å². The molecule has 17 heavy (non-hydrogen) atoms. The number of fused-ring (bicyclic) bond motifs is 1. The second-order valence-electron chi connectivity index (χ2n) is 3.43. The van der Waals surface area contributed by atoms with Gasteiger partial charge in [0.15, 0.2) is 0 Å². The van der Waals surface area contributed by atoms with Crippen LogP contribution in [0.3, 0.4) is 0 Å². The lowest BCUT2D eigenvalue weighted by Crippen LogP contribution is -2.06. The topological polar surface area (TPSA) is 90.2 Å². The number of esters is 1. The van der Waals surface area contributed by atoms with E-state index in [9.17, 15) is 4.79 Å². The number of rotatable bonds is 3. The summed E-state index contributed by atoms with van der Waals surface area (Å²) in [6.07, 6.45) is 0. The van der Waals surface area contributed by atoms with Gasteiger partial charge in [0.05, 0.1) is 19.2 Å². The van der Waals surface area contributed by atoms with Gasteiger partial charge in [-0.1, -0.05) is 0 Å². The van der Waals surface area contributed by atoms with Crippen molar-refractivity contribution in [3.8, 4) is 5.75 Å². The van der Waals surface area contributed by atoms with E-state index in [1.54, 1.807) is 19.1 Å². The Hall–Kier alpha value is -2.24. The molecule has 2 aromatic rings. The standard InChI is InChI=1S/C11H13N3O3/c1-3-17-11(15)10-13-7-4-6(12)5-8(16-2)9(7)14-10/h4-5H,3,12H2,1-2H3,(H,13,14). The number of nitrogen functional groups attached to an aromatic ring is 1. The zero-order valence-electron chi connectivity index (χ0n) is 9.61. The van der Waals surface area contributed by atoms with Crippen LogP contribution >= 0.6 is 0 Å². The SMILES string of the molecule is CCOC(=O)c1nc2c(OC)cc(N)cc2[nH]1. The van der Waals surface area contributed by atoms with Gasteiger partial charge in [0, 0.05) is 11.8 Å². The number of anilines is 1. The molecule has 0 saturated heterocycles. The lowest BCUT2D eigenvalue weighted by Gasteiger charge is -2.01. The Morgan fingerprint density at radius 2 is 2.29 bits per heavy atom. The zero-order chi connectivity index (χ0) is 12.4. The highest BCUT2D eigenvalue weighted by atomic mass is 16.5. The van der Waals surface area contributed by atoms with Gasteiger partial charge in [-0.15, -0.1) is 0 Å². The van der Waals surface area contributed by atoms with Crippen LogP contribution in [-0.4, -0.2) is 29.7 Å². The van der Waals surface area contributed by atoms with E-state index < -0.39 is 5.97 Å². The van der Waals surface area contributed by atoms with Crippen molar-refractivity contribution in [2.24, 2.45) is 0 Å². The third-order valence-electron chi connectivity index (χ3n) is 2.26. The van der Waals surface area contributed by atoms with Crippen molar-refractivity contribution in [2.45, 2.75) is 6.92 Å². The highest BCUT2D eigenvalue weighted by Gasteiger charge is 2.15. The average molecular weight is 235 g/mol. The highest BCUT2D eigenvalue weighted by Crippen LogP contribution is 2.26. The first-order valence-corrected chi connectivity index (χ1v) is 5.16. The summed E-state index contributed by atoms with van der Waals surface area (Å²) in [7, 11) is 1.52. The van der Waals surface area contributed by atoms with Crippen LogP contribution in [0.25, 0.3) is 11.0 Å². The van der Waals surface area contributed by atoms with Gasteiger partial charge in [0.2, 0.25) is 5.82 Å². The minimum Gasteiger partial charge on any atom is -0.494 e. The summed E-state index contributed by atoms with van der Waals surface area (Å²) in [4.78, 5) is 18.5. The van der Waals surface area contributed by atoms with E-state index in [2.05, 4.69) is 9.97 Å². The van der Waals surface area contributed by atoms with Crippen LogP contribution in [0.5, 0.6) is 5.75 Å². The number of aromatic amines is 1. The third-order valence-corrected chi connectivity index (χ3v) is 2.26. The Labute approximate surface area is 97.7 Å². The monoisotopic (exact) mass is 235 g/mol. The van der Waals surface area contributed by atoms with E-state index in [1.165, 1.54) is 7.11 Å². The van der Waals surface area contributed by atoms with Gasteiger partial charge in [0.25, 0.3) is 0 Å². The van der Waals surface area contributed by atoms with Crippen LogP contribution in [0.4, 0.5) is 5.69 Å². The third kappa shape index (κ3) is 2.01. The molecule has 0 amide bonds. The number of nitrogens with two attached hydrogens (primary N) is 1. The number of nitrogens with one attached hydrogen (secondary N) is 1. The van der Waals surface area contributed by atoms with Gasteiger partial charge in [0.1, 0.15) is 11.3 Å². The molecule has 0 bridgehead atoms. The Morgan fingerprint density at radius 3 is 2.94 bits per heavy atom. The lowest BCUT2D eigenvalue weighted by molar-refractivity contribution is 0.0514. The molecule has 0 aliphatic rings. The highest BCUT2D eigenvalue weighted by molar-refractivity contribution is 5.93. The quantitative estimate of drug-likeness (QED) is 0.618. The van der Waals surface area contributed by atoms with E-state index in [0.717, 1.165) is 0 Å². The molecular weight excluding hydrogens is 222 g/mol. The van der Waals surface area contributed by atoms with Crippen LogP contribution in [0, 0.1) is 0 Å². The van der Waals surface area contributed by atoms with Gasteiger partial charge in [-0.2, -0.15) is 0 Å². The molecule has 0 unspecified atom stereocenters. The number of imidazole rings is 1. The summed E-state index contributed by atoms with van der Waals surface area (Å²) in [5.41, 5.74) is 7.44. The van der Waals surface area contributed by atoms with Gasteiger partial charge >= 0.3 is 5.97 Å². The minimum atomic E-state index is -0.496. The number of carbonyl (C=O) groups is 1. The molecule has 1 heterocycles. The second kappa shape index (κ2) is 4.32. The molecule has 90 valence electrons. The van der Waals surface area contributed by atoms with Crippen molar-refractivity contribution in [3.05, 3.63) is 18.0 Å². The van der Waals surface area contributed by atoms with Crippen molar-refractivity contribution >= 4 is 22.7 Å². The molecule has 2 rings (SSSR count). The molecule has 1 aromatic heterocycles. The Bertz CT molecular complexity index is 562. The average Bonchev–Trinajstić information content (AvgIpc) is 2.71. The molecule has 6 nitrogen and oxygen atoms in total. The lowest BCUT2D eigenvalue weighted by atomic mass is 10.2. The van der Waals surface area contributed by atoms with E-state index in [0.29, 0.717) is 29.1 Å². The molecule has 3 N–H and O–H groups in total. The maximum absolute atomic E-state index is 11.5. The molecular formula is C11H13N3O3. The van der Waals surface area contributed by atoms with Crippen molar-refractivity contribution in [1.29, 1.82) is 0 Å². The minimum absolute atomic E-state index is 0.144. The van der Waals surface area contributed by atoms with Crippen molar-refractivity contribution in [2.75, 3.05) is 19.5 Å². The Balaban J connectivity index is 2.53. The van der Waals surface area contributed by atoms with Gasteiger partial charge in [-0.25, -0.2) is 9.78 Å². The molecule has 0 atom stereocenters. The summed E-state index contributed by atoms with van der Waals surface area (Å²) >= 11 is 0. The van der Waals surface area contributed by atoms with E-state index >= 15 is 0 Å². The first-order chi connectivity index (χ1) is 8.15. The molecule has 1 aromatic carbocycles. The molecule has 0 radical (unpaired) electrons. The number of aromatic nitrogens is 2. The maximum atomic E-state index is 11.5. The van der Waals surface area contributed by atoms with Crippen molar-refractivity contribution < 1.29 is 14.3 Å². The summed E-state index contributed by atoms with van der Waals surface area (Å²) in [5, 5.41) is 0. The number of hydrogen-bond acceptors (Lipinski definition) is 5. The Kier molecular flexibility index (Phi) is 2.86. The predicted molar refractivity (Wildman–Crippen MR) is 63.0 cm³/mol. The fourth-order valence-corrected chi connectivity index (χ4v) is 1.56. The molecule has 0 fully saturated rings. The van der Waals surface area contributed by atoms with E-state index in [-0.39, 0.29) is 5.82 Å². The normalized spacial score (nSPS) is 10.5. The first kappa shape index (κ1) is 11.3. The smallest absolute Gasteiger partial charge is 0.374 e. The van der Waals surface area contributed by atoms with Crippen LogP contribution < -0.4 is 10.5 Å². The van der Waals surface area contributed by atoms with E-state index in [4.69, 9.17) is 15.2 Å². The molecule has 0 aliphatic heterocycles. The van der Waals surface area contributed by atoms with Gasteiger partial charge in [-0.3, -0.25) is 0 Å². The summed E-state index contributed by atoms with van der Waals surface area (Å²) < 4.78 is 10.0. The first-order valence-electron chi connectivity index (χ1n) is 5.16. The summed E-state index contributed by atoms with van der Waals surface area (Å²) in [6.45, 7) is 2.04. The van der Waals surface area contributed by atoms with Crippen molar-refractivity contribution in [3.63, 3.8) is 0 Å². The molecule has 0 aliphatic carbocycles. The van der Waals surface area contributed by atoms with Gasteiger partial charge in [-0.05, 0) is 13.0 Å². The van der Waals surface area contributed by atoms with Crippen LogP contribution in [-0.2, 0) is 4.74 Å². The van der Waals surface area contributed by atoms with Crippen LogP contribution in [0.2, 0.25) is 0 Å². The number of benzene rings is 1. The predicted octanol–water partition coefficient (Wildman–Crippen LogP) is 1.33. The van der Waals surface area contributed by atoms with Crippen LogP contribution in [0.1, 0.15) is 17.5 Å². The molecule has 6 heteroatoms. The number of nitrogens with zero attached hydrogens (tertiary/aromatic N) is 1. The molecule has 0 spiro atoms. The fraction of sp³-hybridized carbons (Fsp3) is 0.273. The fourth-order valence-electron chi connectivity index (χ4n) is 1.56.